The number of benzene rings is 3. The van der Waals surface area contributed by atoms with Crippen molar-refractivity contribution >= 4 is 29.1 Å². The Morgan fingerprint density at radius 1 is 0.972 bits per heavy atom. The van der Waals surface area contributed by atoms with Gasteiger partial charge < -0.3 is 9.64 Å². The fourth-order valence-electron chi connectivity index (χ4n) is 4.25. The summed E-state index contributed by atoms with van der Waals surface area (Å²) in [5.74, 6) is -0.236. The minimum absolute atomic E-state index is 0.233. The SMILES string of the molecule is CCOC(=O)C1=NN(c2ccc(C)cc2)C(c2cn(-c3ccccc3)nc2-c2ccc(Cl)cc2)N1C. The lowest BCUT2D eigenvalue weighted by Gasteiger charge is -2.29. The highest BCUT2D eigenvalue weighted by molar-refractivity contribution is 6.36. The van der Waals surface area contributed by atoms with Crippen LogP contribution in [-0.4, -0.2) is 40.1 Å². The molecule has 3 aromatic carbocycles. The Balaban J connectivity index is 1.68. The van der Waals surface area contributed by atoms with Gasteiger partial charge in [-0.1, -0.05) is 59.6 Å². The van der Waals surface area contributed by atoms with Gasteiger partial charge in [0, 0.05) is 29.4 Å². The molecular formula is C28H26ClN5O2. The molecule has 0 bridgehead atoms. The van der Waals surface area contributed by atoms with Crippen molar-refractivity contribution in [2.75, 3.05) is 18.7 Å². The number of carbonyl (C=O) groups excluding carboxylic acids is 1. The summed E-state index contributed by atoms with van der Waals surface area (Å²) in [6, 6.07) is 25.5. The summed E-state index contributed by atoms with van der Waals surface area (Å²) >= 11 is 6.18. The first-order chi connectivity index (χ1) is 17.5. The number of hydrogen-bond acceptors (Lipinski definition) is 6. The lowest BCUT2D eigenvalue weighted by Crippen LogP contribution is -2.36. The molecule has 0 saturated carbocycles. The summed E-state index contributed by atoms with van der Waals surface area (Å²) in [5, 5.41) is 12.2. The first-order valence-electron chi connectivity index (χ1n) is 11.7. The number of halogens is 1. The van der Waals surface area contributed by atoms with Crippen molar-refractivity contribution < 1.29 is 9.53 Å². The molecule has 1 atom stereocenters. The molecule has 1 aromatic heterocycles. The van der Waals surface area contributed by atoms with Gasteiger partial charge in [0.05, 0.1) is 23.7 Å². The van der Waals surface area contributed by atoms with Crippen molar-refractivity contribution in [1.82, 2.24) is 14.7 Å². The largest absolute Gasteiger partial charge is 0.460 e. The summed E-state index contributed by atoms with van der Waals surface area (Å²) in [7, 11) is 1.85. The van der Waals surface area contributed by atoms with Crippen LogP contribution in [0.25, 0.3) is 16.9 Å². The maximum Gasteiger partial charge on any atom is 0.376 e. The van der Waals surface area contributed by atoms with Crippen molar-refractivity contribution in [2.24, 2.45) is 5.10 Å². The predicted octanol–water partition coefficient (Wildman–Crippen LogP) is 5.83. The Morgan fingerprint density at radius 2 is 1.67 bits per heavy atom. The van der Waals surface area contributed by atoms with E-state index in [-0.39, 0.29) is 12.4 Å². The average molecular weight is 500 g/mol. The number of hydrazone groups is 1. The molecule has 0 fully saturated rings. The van der Waals surface area contributed by atoms with E-state index in [9.17, 15) is 4.79 Å². The van der Waals surface area contributed by atoms with Gasteiger partial charge in [-0.15, -0.1) is 5.10 Å². The molecule has 5 rings (SSSR count). The number of anilines is 1. The first kappa shape index (κ1) is 23.6. The van der Waals surface area contributed by atoms with Crippen LogP contribution in [0, 0.1) is 6.92 Å². The van der Waals surface area contributed by atoms with Crippen molar-refractivity contribution in [2.45, 2.75) is 20.0 Å². The molecule has 2 heterocycles. The lowest BCUT2D eigenvalue weighted by atomic mass is 10.1. The standard InChI is InChI=1S/C28H26ClN5O2/c1-4-36-28(35)26-31-34(23-16-10-19(2)11-17-23)27(32(26)3)24-18-33(22-8-6-5-7-9-22)30-25(24)20-12-14-21(29)15-13-20/h5-18,27H,4H2,1-3H3. The summed E-state index contributed by atoms with van der Waals surface area (Å²) in [6.07, 6.45) is 1.56. The van der Waals surface area contributed by atoms with Crippen LogP contribution in [0.2, 0.25) is 5.02 Å². The molecule has 0 saturated heterocycles. The van der Waals surface area contributed by atoms with Crippen LogP contribution in [-0.2, 0) is 9.53 Å². The Hall–Kier alpha value is -4.10. The fraction of sp³-hybridized carbons (Fsp3) is 0.179. The number of para-hydroxylation sites is 1. The van der Waals surface area contributed by atoms with Crippen molar-refractivity contribution in [3.8, 4) is 16.9 Å². The number of aromatic nitrogens is 2. The molecule has 0 spiro atoms. The van der Waals surface area contributed by atoms with E-state index in [0.717, 1.165) is 33.8 Å². The third-order valence-electron chi connectivity index (χ3n) is 6.05. The third kappa shape index (κ3) is 4.45. The molecule has 36 heavy (non-hydrogen) atoms. The molecule has 1 aliphatic heterocycles. The van der Waals surface area contributed by atoms with Gasteiger partial charge in [-0.3, -0.25) is 0 Å². The molecular weight excluding hydrogens is 474 g/mol. The van der Waals surface area contributed by atoms with Gasteiger partial charge >= 0.3 is 5.97 Å². The van der Waals surface area contributed by atoms with E-state index in [2.05, 4.69) is 0 Å². The maximum atomic E-state index is 12.8. The summed E-state index contributed by atoms with van der Waals surface area (Å²) < 4.78 is 7.16. The molecule has 7 nitrogen and oxygen atoms in total. The third-order valence-corrected chi connectivity index (χ3v) is 6.30. The van der Waals surface area contributed by atoms with Crippen molar-refractivity contribution in [1.29, 1.82) is 0 Å². The smallest absolute Gasteiger partial charge is 0.376 e. The highest BCUT2D eigenvalue weighted by Crippen LogP contribution is 2.39. The second-order valence-electron chi connectivity index (χ2n) is 8.53. The molecule has 1 aliphatic rings. The molecule has 0 aliphatic carbocycles. The number of nitrogens with zero attached hydrogens (tertiary/aromatic N) is 5. The average Bonchev–Trinajstić information content (AvgIpc) is 3.47. The molecule has 0 radical (unpaired) electrons. The van der Waals surface area contributed by atoms with Crippen LogP contribution >= 0.6 is 11.6 Å². The second-order valence-corrected chi connectivity index (χ2v) is 8.97. The van der Waals surface area contributed by atoms with Gasteiger partial charge in [0.25, 0.3) is 0 Å². The summed E-state index contributed by atoms with van der Waals surface area (Å²) in [6.45, 7) is 4.08. The molecule has 8 heteroatoms. The maximum absolute atomic E-state index is 12.8. The summed E-state index contributed by atoms with van der Waals surface area (Å²) in [4.78, 5) is 14.7. The van der Waals surface area contributed by atoms with Crippen LogP contribution in [0.4, 0.5) is 5.69 Å². The summed E-state index contributed by atoms with van der Waals surface area (Å²) in [5.41, 5.74) is 5.47. The van der Waals surface area contributed by atoms with Gasteiger partial charge in [0.15, 0.2) is 6.17 Å². The van der Waals surface area contributed by atoms with Gasteiger partial charge in [-0.2, -0.15) is 5.10 Å². The number of likely N-dealkylation sites (N-methyl/N-ethyl adjacent to an activating group) is 1. The molecule has 4 aromatic rings. The zero-order valence-electron chi connectivity index (χ0n) is 20.3. The number of ether oxygens (including phenoxy) is 1. The highest BCUT2D eigenvalue weighted by Gasteiger charge is 2.40. The predicted molar refractivity (Wildman–Crippen MR) is 142 cm³/mol. The Labute approximate surface area is 215 Å². The molecule has 0 amide bonds. The minimum atomic E-state index is -0.469. The van der Waals surface area contributed by atoms with Crippen LogP contribution in [0.1, 0.15) is 24.2 Å². The van der Waals surface area contributed by atoms with E-state index in [1.54, 1.807) is 6.92 Å². The zero-order valence-corrected chi connectivity index (χ0v) is 21.1. The van der Waals surface area contributed by atoms with Crippen LogP contribution in [0.15, 0.2) is 90.2 Å². The van der Waals surface area contributed by atoms with Gasteiger partial charge in [0.1, 0.15) is 0 Å². The van der Waals surface area contributed by atoms with Crippen molar-refractivity contribution in [3.05, 3.63) is 101 Å². The lowest BCUT2D eigenvalue weighted by molar-refractivity contribution is -0.135. The Bertz CT molecular complexity index is 1400. The van der Waals surface area contributed by atoms with Crippen LogP contribution in [0.5, 0.6) is 0 Å². The van der Waals surface area contributed by atoms with E-state index in [4.69, 9.17) is 26.5 Å². The normalized spacial score (nSPS) is 15.2. The fourth-order valence-corrected chi connectivity index (χ4v) is 4.37. The highest BCUT2D eigenvalue weighted by atomic mass is 35.5. The first-order valence-corrected chi connectivity index (χ1v) is 12.1. The number of esters is 1. The molecule has 1 unspecified atom stereocenters. The van der Waals surface area contributed by atoms with Crippen molar-refractivity contribution in [3.63, 3.8) is 0 Å². The molecule has 182 valence electrons. The number of carbonyl (C=O) groups is 1. The number of hydrogen-bond donors (Lipinski definition) is 0. The van der Waals surface area contributed by atoms with E-state index in [1.165, 1.54) is 0 Å². The van der Waals surface area contributed by atoms with Gasteiger partial charge in [-0.05, 0) is 50.2 Å². The number of amidine groups is 1. The Morgan fingerprint density at radius 3 is 2.33 bits per heavy atom. The number of rotatable bonds is 6. The Kier molecular flexibility index (Phi) is 6.48. The second kappa shape index (κ2) is 9.87. The van der Waals surface area contributed by atoms with E-state index < -0.39 is 12.1 Å². The monoisotopic (exact) mass is 499 g/mol. The van der Waals surface area contributed by atoms with Gasteiger partial charge in [-0.25, -0.2) is 14.5 Å². The zero-order chi connectivity index (χ0) is 25.2. The van der Waals surface area contributed by atoms with Crippen LogP contribution in [0.3, 0.4) is 0 Å². The molecule has 0 N–H and O–H groups in total. The van der Waals surface area contributed by atoms with E-state index >= 15 is 0 Å². The quantitative estimate of drug-likeness (QED) is 0.312. The van der Waals surface area contributed by atoms with Crippen LogP contribution < -0.4 is 5.01 Å². The topological polar surface area (TPSA) is 63.0 Å². The van der Waals surface area contributed by atoms with E-state index in [0.29, 0.717) is 5.02 Å². The van der Waals surface area contributed by atoms with E-state index in [1.807, 2.05) is 114 Å². The number of aryl methyl sites for hydroxylation is 1. The minimum Gasteiger partial charge on any atom is -0.460 e. The van der Waals surface area contributed by atoms with Gasteiger partial charge in [0.2, 0.25) is 5.84 Å².